The second kappa shape index (κ2) is 12.3. The summed E-state index contributed by atoms with van der Waals surface area (Å²) >= 11 is 0. The maximum absolute atomic E-state index is 4.37. The van der Waals surface area contributed by atoms with Crippen LogP contribution in [0.1, 0.15) is 30.4 Å². The van der Waals surface area contributed by atoms with Crippen molar-refractivity contribution in [3.63, 3.8) is 0 Å². The lowest BCUT2D eigenvalue weighted by Crippen LogP contribution is -2.40. The molecular weight excluding hydrogens is 423 g/mol. The highest BCUT2D eigenvalue weighted by molar-refractivity contribution is 14.0. The van der Waals surface area contributed by atoms with E-state index in [1.165, 1.54) is 24.1 Å². The van der Waals surface area contributed by atoms with E-state index in [2.05, 4.69) is 58.0 Å². The second-order valence-electron chi connectivity index (χ2n) is 6.47. The molecule has 0 fully saturated rings. The third kappa shape index (κ3) is 7.36. The van der Waals surface area contributed by atoms with E-state index in [-0.39, 0.29) is 24.0 Å². The summed E-state index contributed by atoms with van der Waals surface area (Å²) in [4.78, 5) is 9.12. The van der Waals surface area contributed by atoms with Crippen LogP contribution in [0.3, 0.4) is 0 Å². The monoisotopic (exact) mass is 456 g/mol. The molecule has 25 heavy (non-hydrogen) atoms. The number of hydrogen-bond donors (Lipinski definition) is 1. The van der Waals surface area contributed by atoms with E-state index in [9.17, 15) is 0 Å². The summed E-state index contributed by atoms with van der Waals surface area (Å²) in [5.74, 6) is 0.989. The Hall–Kier alpha value is -1.08. The van der Waals surface area contributed by atoms with Gasteiger partial charge >= 0.3 is 0 Å². The minimum absolute atomic E-state index is 0. The van der Waals surface area contributed by atoms with E-state index in [0.29, 0.717) is 0 Å². The molecule has 0 bridgehead atoms. The van der Waals surface area contributed by atoms with Crippen molar-refractivity contribution in [2.75, 3.05) is 40.3 Å². The van der Waals surface area contributed by atoms with Crippen LogP contribution in [0.5, 0.6) is 0 Å². The summed E-state index contributed by atoms with van der Waals surface area (Å²) in [5, 5.41) is 3.48. The molecule has 0 aliphatic carbocycles. The predicted molar refractivity (Wildman–Crippen MR) is 119 cm³/mol. The highest BCUT2D eigenvalue weighted by Gasteiger charge is 2.15. The first kappa shape index (κ1) is 22.0. The van der Waals surface area contributed by atoms with Crippen molar-refractivity contribution in [3.8, 4) is 0 Å². The van der Waals surface area contributed by atoms with Gasteiger partial charge in [0.15, 0.2) is 5.96 Å². The number of unbranched alkanes of at least 4 members (excludes halogenated alkanes) is 1. The van der Waals surface area contributed by atoms with Crippen LogP contribution in [0.2, 0.25) is 0 Å². The third-order valence-electron chi connectivity index (χ3n) is 4.62. The summed E-state index contributed by atoms with van der Waals surface area (Å²) < 4.78 is 0. The van der Waals surface area contributed by atoms with Crippen molar-refractivity contribution in [3.05, 3.63) is 48.0 Å². The van der Waals surface area contributed by atoms with Crippen LogP contribution in [0.4, 0.5) is 0 Å². The predicted octanol–water partition coefficient (Wildman–Crippen LogP) is 3.53. The van der Waals surface area contributed by atoms with Gasteiger partial charge in [0.05, 0.1) is 0 Å². The molecule has 2 rings (SSSR count). The van der Waals surface area contributed by atoms with Gasteiger partial charge in [-0.1, -0.05) is 30.3 Å². The Balaban J connectivity index is 0.00000312. The van der Waals surface area contributed by atoms with Gasteiger partial charge in [0.25, 0.3) is 0 Å². The molecule has 1 aromatic carbocycles. The van der Waals surface area contributed by atoms with Crippen molar-refractivity contribution >= 4 is 29.9 Å². The lowest BCUT2D eigenvalue weighted by molar-refractivity contribution is 0.251. The average Bonchev–Trinajstić information content (AvgIpc) is 2.61. The molecule has 1 N–H and O–H groups in total. The molecule has 1 aliphatic heterocycles. The lowest BCUT2D eigenvalue weighted by atomic mass is 10.00. The number of hydrogen-bond acceptors (Lipinski definition) is 2. The Morgan fingerprint density at radius 3 is 2.80 bits per heavy atom. The Morgan fingerprint density at radius 1 is 1.32 bits per heavy atom. The zero-order valence-corrected chi connectivity index (χ0v) is 18.0. The number of guanidine groups is 1. The van der Waals surface area contributed by atoms with Crippen molar-refractivity contribution < 1.29 is 0 Å². The zero-order valence-electron chi connectivity index (χ0n) is 15.7. The van der Waals surface area contributed by atoms with Crippen molar-refractivity contribution in [2.45, 2.75) is 32.2 Å². The fourth-order valence-electron chi connectivity index (χ4n) is 3.21. The van der Waals surface area contributed by atoms with Gasteiger partial charge in [-0.05, 0) is 36.8 Å². The summed E-state index contributed by atoms with van der Waals surface area (Å²) in [7, 11) is 3.95. The smallest absolute Gasteiger partial charge is 0.193 e. The minimum Gasteiger partial charge on any atom is -0.356 e. The summed E-state index contributed by atoms with van der Waals surface area (Å²) in [6.45, 7) is 9.15. The van der Waals surface area contributed by atoms with E-state index >= 15 is 0 Å². The van der Waals surface area contributed by atoms with E-state index in [4.69, 9.17) is 0 Å². The highest BCUT2D eigenvalue weighted by Crippen LogP contribution is 2.18. The number of halogens is 1. The molecule has 0 saturated carbocycles. The van der Waals surface area contributed by atoms with Gasteiger partial charge in [0.1, 0.15) is 0 Å². The lowest BCUT2D eigenvalue weighted by Gasteiger charge is -2.29. The second-order valence-corrected chi connectivity index (χ2v) is 6.47. The average molecular weight is 456 g/mol. The molecule has 1 heterocycles. The molecule has 0 radical (unpaired) electrons. The largest absolute Gasteiger partial charge is 0.356 e. The topological polar surface area (TPSA) is 30.9 Å². The first-order valence-electron chi connectivity index (χ1n) is 9.06. The van der Waals surface area contributed by atoms with Crippen LogP contribution < -0.4 is 5.32 Å². The minimum atomic E-state index is 0. The summed E-state index contributed by atoms with van der Waals surface area (Å²) in [6, 6.07) is 8.83. The maximum Gasteiger partial charge on any atom is 0.193 e. The van der Waals surface area contributed by atoms with Crippen molar-refractivity contribution in [1.29, 1.82) is 0 Å². The van der Waals surface area contributed by atoms with Gasteiger partial charge in [-0.15, -0.1) is 30.6 Å². The van der Waals surface area contributed by atoms with E-state index in [0.717, 1.165) is 51.4 Å². The molecule has 0 unspecified atom stereocenters. The zero-order chi connectivity index (χ0) is 17.2. The van der Waals surface area contributed by atoms with Crippen LogP contribution in [0, 0.1) is 0 Å². The molecule has 5 heteroatoms. The van der Waals surface area contributed by atoms with E-state index in [1.807, 2.05) is 13.1 Å². The molecule has 4 nitrogen and oxygen atoms in total. The van der Waals surface area contributed by atoms with Gasteiger partial charge in [-0.25, -0.2) is 0 Å². The van der Waals surface area contributed by atoms with Crippen molar-refractivity contribution in [2.24, 2.45) is 4.99 Å². The van der Waals surface area contributed by atoms with E-state index in [1.54, 1.807) is 0 Å². The van der Waals surface area contributed by atoms with Gasteiger partial charge in [-0.2, -0.15) is 0 Å². The van der Waals surface area contributed by atoms with Gasteiger partial charge in [-0.3, -0.25) is 9.89 Å². The van der Waals surface area contributed by atoms with Crippen LogP contribution in [0.15, 0.2) is 41.9 Å². The molecule has 1 aromatic rings. The number of nitrogens with one attached hydrogen (secondary N) is 1. The Kier molecular flexibility index (Phi) is 10.8. The van der Waals surface area contributed by atoms with Crippen molar-refractivity contribution in [1.82, 2.24) is 15.1 Å². The molecule has 0 amide bonds. The quantitative estimate of drug-likeness (QED) is 0.214. The number of nitrogens with zero attached hydrogens (tertiary/aromatic N) is 3. The molecule has 0 saturated heterocycles. The fraction of sp³-hybridized carbons (Fsp3) is 0.550. The first-order chi connectivity index (χ1) is 11.7. The molecule has 0 spiro atoms. The first-order valence-corrected chi connectivity index (χ1v) is 9.06. The van der Waals surface area contributed by atoms with Gasteiger partial charge in [0.2, 0.25) is 0 Å². The number of benzene rings is 1. The Labute approximate surface area is 170 Å². The highest BCUT2D eigenvalue weighted by atomic mass is 127. The van der Waals surface area contributed by atoms with Gasteiger partial charge < -0.3 is 10.2 Å². The SMILES string of the molecule is C=CCCCN(C)C(=NC)NCCCN1CCc2ccccc2C1.I. The maximum atomic E-state index is 4.37. The molecule has 140 valence electrons. The summed E-state index contributed by atoms with van der Waals surface area (Å²) in [5.41, 5.74) is 3.02. The number of rotatable bonds is 8. The van der Waals surface area contributed by atoms with Crippen LogP contribution >= 0.6 is 24.0 Å². The van der Waals surface area contributed by atoms with Crippen LogP contribution in [-0.4, -0.2) is 56.0 Å². The molecule has 0 aromatic heterocycles. The Bertz CT molecular complexity index is 544. The third-order valence-corrected chi connectivity index (χ3v) is 4.62. The van der Waals surface area contributed by atoms with E-state index < -0.39 is 0 Å². The number of aliphatic imine (C=N–C) groups is 1. The summed E-state index contributed by atoms with van der Waals surface area (Å²) in [6.07, 6.45) is 6.46. The normalized spacial score (nSPS) is 14.4. The van der Waals surface area contributed by atoms with Crippen LogP contribution in [0.25, 0.3) is 0 Å². The molecule has 0 atom stereocenters. The van der Waals surface area contributed by atoms with Gasteiger partial charge in [0, 0.05) is 46.8 Å². The molecular formula is C20H33IN4. The Morgan fingerprint density at radius 2 is 2.08 bits per heavy atom. The number of allylic oxidation sites excluding steroid dienone is 1. The standard InChI is InChI=1S/C20H32N4.HI/c1-4-5-8-14-23(3)20(21-2)22-13-9-15-24-16-12-18-10-6-7-11-19(18)17-24;/h4,6-7,10-11H,1,5,8-9,12-17H2,2-3H3,(H,21,22);1H. The molecule has 1 aliphatic rings. The fourth-order valence-corrected chi connectivity index (χ4v) is 3.21. The number of fused-ring (bicyclic) bond motifs is 1. The van der Waals surface area contributed by atoms with Crippen LogP contribution in [-0.2, 0) is 13.0 Å².